The average Bonchev–Trinajstić information content (AvgIpc) is 3.09. The number of carbonyl (C=O) groups excluding carboxylic acids is 1. The summed E-state index contributed by atoms with van der Waals surface area (Å²) < 4.78 is 5.97. The van der Waals surface area contributed by atoms with E-state index in [2.05, 4.69) is 50.4 Å². The van der Waals surface area contributed by atoms with Crippen molar-refractivity contribution < 1.29 is 19.7 Å². The first-order chi connectivity index (χ1) is 23.0. The molecule has 9 nitrogen and oxygen atoms in total. The average molecular weight is 637 g/mol. The lowest BCUT2D eigenvalue weighted by atomic mass is 9.66. The van der Waals surface area contributed by atoms with Gasteiger partial charge in [0.15, 0.2) is 0 Å². The van der Waals surface area contributed by atoms with Crippen LogP contribution in [0.25, 0.3) is 10.9 Å². The van der Waals surface area contributed by atoms with Gasteiger partial charge in [-0.05, 0) is 105 Å². The number of unbranched alkanes of at least 4 members (excludes halogenated alkanes) is 1. The number of hydrogen-bond donors (Lipinski definition) is 4. The van der Waals surface area contributed by atoms with Crippen molar-refractivity contribution in [3.63, 3.8) is 0 Å². The standard InChI is InChI=1S/C38H44N4O5/c43-33-14-12-29(30-13-15-35(45)40-36(30)33)34(44)22-39-18-4-5-21-47-28-10-8-27(9-11-28)38(46)42-24-32(25-6-2-1-3-7-25)37(42)31-23-41-19-16-26(31)17-20-41/h1-3,6-15,26,31-32,34,37,39,43-44H,4-5,16-24H2,(H,40,45). The van der Waals surface area contributed by atoms with E-state index in [1.54, 1.807) is 12.1 Å². The molecular weight excluding hydrogens is 592 g/mol. The summed E-state index contributed by atoms with van der Waals surface area (Å²) in [5.74, 6) is 2.47. The predicted molar refractivity (Wildman–Crippen MR) is 182 cm³/mol. The number of amides is 1. The van der Waals surface area contributed by atoms with Gasteiger partial charge in [-0.15, -0.1) is 0 Å². The Morgan fingerprint density at radius 3 is 2.49 bits per heavy atom. The van der Waals surface area contributed by atoms with Crippen LogP contribution in [0.5, 0.6) is 11.5 Å². The molecule has 0 aliphatic carbocycles. The normalized spacial score (nSPS) is 24.2. The van der Waals surface area contributed by atoms with Gasteiger partial charge in [0.05, 0.1) is 18.2 Å². The van der Waals surface area contributed by atoms with Gasteiger partial charge in [-0.3, -0.25) is 9.59 Å². The smallest absolute Gasteiger partial charge is 0.254 e. The maximum Gasteiger partial charge on any atom is 0.254 e. The highest BCUT2D eigenvalue weighted by Crippen LogP contribution is 2.46. The molecule has 1 aromatic heterocycles. The van der Waals surface area contributed by atoms with Crippen LogP contribution in [-0.2, 0) is 0 Å². The highest BCUT2D eigenvalue weighted by Gasteiger charge is 2.51. The van der Waals surface area contributed by atoms with Gasteiger partial charge in [0, 0.05) is 48.6 Å². The van der Waals surface area contributed by atoms with E-state index >= 15 is 0 Å². The summed E-state index contributed by atoms with van der Waals surface area (Å²) in [4.78, 5) is 32.8. The summed E-state index contributed by atoms with van der Waals surface area (Å²) in [6.45, 7) is 5.88. The number of aliphatic hydroxyl groups is 1. The van der Waals surface area contributed by atoms with E-state index in [0.717, 1.165) is 31.7 Å². The van der Waals surface area contributed by atoms with Gasteiger partial charge in [0.25, 0.3) is 5.91 Å². The molecule has 4 aromatic rings. The van der Waals surface area contributed by atoms with Gasteiger partial charge in [-0.25, -0.2) is 0 Å². The second kappa shape index (κ2) is 13.9. The minimum Gasteiger partial charge on any atom is -0.506 e. The van der Waals surface area contributed by atoms with Gasteiger partial charge in [-0.2, -0.15) is 0 Å². The number of piperidine rings is 3. The van der Waals surface area contributed by atoms with Gasteiger partial charge in [0.1, 0.15) is 11.5 Å². The molecule has 4 atom stereocenters. The molecule has 9 heteroatoms. The molecule has 4 N–H and O–H groups in total. The minimum absolute atomic E-state index is 0.0238. The molecule has 4 aliphatic rings. The van der Waals surface area contributed by atoms with E-state index in [1.165, 1.54) is 43.6 Å². The molecule has 4 unspecified atom stereocenters. The number of aliphatic hydroxyl groups excluding tert-OH is 1. The van der Waals surface area contributed by atoms with Crippen LogP contribution in [0.2, 0.25) is 0 Å². The van der Waals surface area contributed by atoms with Crippen LogP contribution in [-0.4, -0.2) is 82.8 Å². The van der Waals surface area contributed by atoms with Gasteiger partial charge in [0.2, 0.25) is 5.56 Å². The van der Waals surface area contributed by atoms with Crippen molar-refractivity contribution in [1.29, 1.82) is 0 Å². The molecule has 3 aromatic carbocycles. The molecule has 246 valence electrons. The number of carbonyl (C=O) groups is 1. The molecular formula is C38H44N4O5. The SMILES string of the molecule is O=C(c1ccc(OCCCCNCC(O)c2ccc(O)c3[nH]c(=O)ccc23)cc1)N1CC(c2ccccc2)C1C1CN2CCC1CC2. The van der Waals surface area contributed by atoms with Crippen molar-refractivity contribution in [2.75, 3.05) is 45.9 Å². The number of rotatable bonds is 12. The first-order valence-corrected chi connectivity index (χ1v) is 17.0. The zero-order chi connectivity index (χ0) is 32.3. The van der Waals surface area contributed by atoms with E-state index in [1.807, 2.05) is 24.3 Å². The summed E-state index contributed by atoms with van der Waals surface area (Å²) in [5, 5.41) is 24.7. The number of nitrogens with zero attached hydrogens (tertiary/aromatic N) is 2. The van der Waals surface area contributed by atoms with Crippen molar-refractivity contribution in [1.82, 2.24) is 20.1 Å². The maximum atomic E-state index is 13.8. The summed E-state index contributed by atoms with van der Waals surface area (Å²) in [6.07, 6.45) is 3.41. The monoisotopic (exact) mass is 636 g/mol. The Kier molecular flexibility index (Phi) is 9.29. The van der Waals surface area contributed by atoms with Crippen molar-refractivity contribution in [3.05, 3.63) is 106 Å². The first-order valence-electron chi connectivity index (χ1n) is 17.0. The Morgan fingerprint density at radius 1 is 0.957 bits per heavy atom. The molecule has 0 saturated carbocycles. The maximum absolute atomic E-state index is 13.8. The molecule has 5 heterocycles. The number of aromatic nitrogens is 1. The number of aromatic hydroxyl groups is 1. The third-order valence-corrected chi connectivity index (χ3v) is 10.5. The van der Waals surface area contributed by atoms with E-state index < -0.39 is 6.10 Å². The van der Waals surface area contributed by atoms with Crippen molar-refractivity contribution >= 4 is 16.8 Å². The Morgan fingerprint density at radius 2 is 1.74 bits per heavy atom. The molecule has 4 fully saturated rings. The van der Waals surface area contributed by atoms with Crippen LogP contribution < -0.4 is 15.6 Å². The number of phenols is 1. The fourth-order valence-electron chi connectivity index (χ4n) is 7.97. The molecule has 47 heavy (non-hydrogen) atoms. The fraction of sp³-hybridized carbons (Fsp3) is 0.421. The molecule has 8 rings (SSSR count). The zero-order valence-corrected chi connectivity index (χ0v) is 26.7. The second-order valence-electron chi connectivity index (χ2n) is 13.4. The lowest BCUT2D eigenvalue weighted by molar-refractivity contribution is -0.0468. The van der Waals surface area contributed by atoms with Gasteiger partial charge in [-0.1, -0.05) is 36.4 Å². The molecule has 4 saturated heterocycles. The Labute approximate surface area is 275 Å². The number of fused-ring (bicyclic) bond motifs is 4. The van der Waals surface area contributed by atoms with Crippen LogP contribution >= 0.6 is 0 Å². The van der Waals surface area contributed by atoms with E-state index in [-0.39, 0.29) is 23.3 Å². The largest absolute Gasteiger partial charge is 0.506 e. The van der Waals surface area contributed by atoms with Crippen LogP contribution in [0.3, 0.4) is 0 Å². The van der Waals surface area contributed by atoms with Gasteiger partial charge >= 0.3 is 0 Å². The van der Waals surface area contributed by atoms with Gasteiger partial charge < -0.3 is 35.1 Å². The van der Waals surface area contributed by atoms with Crippen LogP contribution in [0, 0.1) is 11.8 Å². The number of aromatic amines is 1. The topological polar surface area (TPSA) is 118 Å². The lowest BCUT2D eigenvalue weighted by Crippen LogP contribution is -2.65. The Bertz CT molecular complexity index is 1740. The van der Waals surface area contributed by atoms with E-state index in [9.17, 15) is 19.8 Å². The van der Waals surface area contributed by atoms with Crippen LogP contribution in [0.4, 0.5) is 0 Å². The summed E-state index contributed by atoms with van der Waals surface area (Å²) in [5.41, 5.74) is 2.73. The fourth-order valence-corrected chi connectivity index (χ4v) is 7.97. The number of H-pyrrole nitrogens is 1. The minimum atomic E-state index is -0.784. The molecule has 1 amide bonds. The number of hydrogen-bond acceptors (Lipinski definition) is 7. The predicted octanol–water partition coefficient (Wildman–Crippen LogP) is 4.67. The van der Waals surface area contributed by atoms with E-state index in [0.29, 0.717) is 59.5 Å². The van der Waals surface area contributed by atoms with Crippen LogP contribution in [0.1, 0.15) is 59.2 Å². The number of nitrogens with one attached hydrogen (secondary N) is 2. The zero-order valence-electron chi connectivity index (χ0n) is 26.7. The Balaban J connectivity index is 0.874. The molecule has 4 aliphatic heterocycles. The number of pyridine rings is 1. The summed E-state index contributed by atoms with van der Waals surface area (Å²) in [6, 6.07) is 24.7. The summed E-state index contributed by atoms with van der Waals surface area (Å²) in [7, 11) is 0. The quantitative estimate of drug-likeness (QED) is 0.167. The van der Waals surface area contributed by atoms with Crippen molar-refractivity contribution in [3.8, 4) is 11.5 Å². The number of phenolic OH excluding ortho intramolecular Hbond substituents is 1. The van der Waals surface area contributed by atoms with E-state index in [4.69, 9.17) is 4.74 Å². The van der Waals surface area contributed by atoms with Crippen molar-refractivity contribution in [2.24, 2.45) is 11.8 Å². The number of ether oxygens (including phenoxy) is 1. The highest BCUT2D eigenvalue weighted by atomic mass is 16.5. The molecule has 2 bridgehead atoms. The second-order valence-corrected chi connectivity index (χ2v) is 13.4. The number of benzene rings is 3. The van der Waals surface area contributed by atoms with Crippen LogP contribution in [0.15, 0.2) is 83.7 Å². The molecule has 0 spiro atoms. The third-order valence-electron chi connectivity index (χ3n) is 10.5. The first kappa shape index (κ1) is 31.4. The molecule has 0 radical (unpaired) electrons. The van der Waals surface area contributed by atoms with Crippen molar-refractivity contribution in [2.45, 2.75) is 43.7 Å². The third kappa shape index (κ3) is 6.66. The Hall–Kier alpha value is -4.18. The number of likely N-dealkylation sites (tertiary alicyclic amines) is 1. The summed E-state index contributed by atoms with van der Waals surface area (Å²) >= 11 is 0. The lowest BCUT2D eigenvalue weighted by Gasteiger charge is -2.57. The highest BCUT2D eigenvalue weighted by molar-refractivity contribution is 5.95.